The van der Waals surface area contributed by atoms with Crippen molar-refractivity contribution in [2.75, 3.05) is 26.2 Å². The highest BCUT2D eigenvalue weighted by Crippen LogP contribution is 2.17. The summed E-state index contributed by atoms with van der Waals surface area (Å²) in [4.78, 5) is 48.7. The summed E-state index contributed by atoms with van der Waals surface area (Å²) in [6, 6.07) is 5.53. The van der Waals surface area contributed by atoms with Gasteiger partial charge < -0.3 is 43.2 Å². The number of unbranched alkanes of at least 4 members (excludes halogenated alkanes) is 1. The van der Waals surface area contributed by atoms with Gasteiger partial charge in [-0.1, -0.05) is 24.8 Å². The van der Waals surface area contributed by atoms with Gasteiger partial charge in [-0.25, -0.2) is 0 Å². The molecule has 1 fully saturated rings. The number of nitrogens with two attached hydrogens (primary N) is 4. The Labute approximate surface area is 235 Å². The Balaban J connectivity index is 2.12. The van der Waals surface area contributed by atoms with E-state index >= 15 is 0 Å². The van der Waals surface area contributed by atoms with Gasteiger partial charge in [-0.2, -0.15) is 0 Å². The van der Waals surface area contributed by atoms with E-state index in [9.17, 15) is 14.4 Å². The quantitative estimate of drug-likeness (QED) is 0.0712. The predicted octanol–water partition coefficient (Wildman–Crippen LogP) is -0.508. The van der Waals surface area contributed by atoms with Gasteiger partial charge in [-0.3, -0.25) is 24.4 Å². The maximum absolute atomic E-state index is 13.5. The summed E-state index contributed by atoms with van der Waals surface area (Å²) < 4.78 is 5.51. The molecule has 220 valence electrons. The molecule has 0 aromatic heterocycles. The summed E-state index contributed by atoms with van der Waals surface area (Å²) in [5.74, 6) is -0.294. The molecule has 1 heterocycles. The van der Waals surface area contributed by atoms with Crippen molar-refractivity contribution in [2.24, 2.45) is 32.9 Å². The Morgan fingerprint density at radius 3 is 2.30 bits per heavy atom. The number of hydrogen-bond donors (Lipinski definition) is 6. The predicted molar refractivity (Wildman–Crippen MR) is 155 cm³/mol. The van der Waals surface area contributed by atoms with E-state index < -0.39 is 18.0 Å². The number of nitrogens with one attached hydrogen (secondary N) is 2. The number of hydrogen-bond acceptors (Lipinski definition) is 6. The Kier molecular flexibility index (Phi) is 13.3. The van der Waals surface area contributed by atoms with E-state index in [-0.39, 0.29) is 36.2 Å². The van der Waals surface area contributed by atoms with Crippen molar-refractivity contribution in [1.82, 2.24) is 15.5 Å². The van der Waals surface area contributed by atoms with Gasteiger partial charge in [0.1, 0.15) is 24.4 Å². The zero-order valence-electron chi connectivity index (χ0n) is 23.2. The molecule has 1 aromatic carbocycles. The fourth-order valence-corrected chi connectivity index (χ4v) is 4.41. The minimum absolute atomic E-state index is 0.00280. The minimum Gasteiger partial charge on any atom is -0.490 e. The van der Waals surface area contributed by atoms with Crippen LogP contribution in [0.1, 0.15) is 44.6 Å². The third-order valence-corrected chi connectivity index (χ3v) is 6.34. The van der Waals surface area contributed by atoms with Crippen molar-refractivity contribution in [3.8, 4) is 5.75 Å². The van der Waals surface area contributed by atoms with Gasteiger partial charge >= 0.3 is 0 Å². The number of carbonyl (C=O) groups excluding carboxylic acids is 3. The molecule has 0 bridgehead atoms. The Morgan fingerprint density at radius 1 is 1.05 bits per heavy atom. The van der Waals surface area contributed by atoms with Gasteiger partial charge in [0.25, 0.3) is 0 Å². The number of carbonyl (C=O) groups is 3. The molecule has 1 aromatic rings. The van der Waals surface area contributed by atoms with E-state index in [1.165, 1.54) is 6.92 Å². The lowest BCUT2D eigenvalue weighted by atomic mass is 10.0. The average Bonchev–Trinajstić information content (AvgIpc) is 2.90. The highest BCUT2D eigenvalue weighted by molar-refractivity contribution is 5.92. The molecule has 3 amide bonds. The highest BCUT2D eigenvalue weighted by atomic mass is 16.5. The second kappa shape index (κ2) is 16.6. The Hall–Kier alpha value is -4.29. The number of likely N-dealkylation sites (tertiary alicyclic amines) is 1. The van der Waals surface area contributed by atoms with Gasteiger partial charge in [0.15, 0.2) is 11.9 Å². The van der Waals surface area contributed by atoms with E-state index in [4.69, 9.17) is 27.7 Å². The van der Waals surface area contributed by atoms with Crippen molar-refractivity contribution in [3.63, 3.8) is 0 Å². The van der Waals surface area contributed by atoms with Crippen molar-refractivity contribution >= 4 is 29.6 Å². The monoisotopic (exact) mass is 557 g/mol. The summed E-state index contributed by atoms with van der Waals surface area (Å²) in [5.41, 5.74) is 22.6. The molecule has 13 heteroatoms. The van der Waals surface area contributed by atoms with Gasteiger partial charge in [0, 0.05) is 33.0 Å². The molecule has 1 aliphatic heterocycles. The van der Waals surface area contributed by atoms with Gasteiger partial charge in [0.2, 0.25) is 17.7 Å². The van der Waals surface area contributed by atoms with Crippen LogP contribution in [-0.4, -0.2) is 78.9 Å². The van der Waals surface area contributed by atoms with Crippen molar-refractivity contribution in [3.05, 3.63) is 42.5 Å². The van der Waals surface area contributed by atoms with Gasteiger partial charge in [-0.15, -0.1) is 0 Å². The van der Waals surface area contributed by atoms with Crippen LogP contribution in [0.5, 0.6) is 5.75 Å². The second-order valence-electron chi connectivity index (χ2n) is 9.67. The largest absolute Gasteiger partial charge is 0.490 e. The smallest absolute Gasteiger partial charge is 0.245 e. The van der Waals surface area contributed by atoms with Crippen molar-refractivity contribution in [2.45, 2.75) is 63.6 Å². The first-order chi connectivity index (χ1) is 19.1. The standard InChI is InChI=1S/C27H43N9O4/c1-3-16-40-21-9-7-19(8-10-21)17-23(33-18(2)37)24(38)35-22(6-4-5-13-32-26(28)29)25(39)36-14-11-20(12-15-36)34-27(30)31/h3,7-10,20,22-23H,1,4-6,11-17H2,2H3,(H,33,37)(H,35,38)(H4,28,29,32)(H4,30,31,34)/t22-,23-/m0/s1. The number of rotatable bonds is 15. The lowest BCUT2D eigenvalue weighted by Gasteiger charge is -2.33. The van der Waals surface area contributed by atoms with E-state index in [1.54, 1.807) is 23.1 Å². The molecule has 13 nitrogen and oxygen atoms in total. The minimum atomic E-state index is -0.873. The second-order valence-corrected chi connectivity index (χ2v) is 9.67. The number of benzene rings is 1. The normalized spacial score (nSPS) is 14.8. The molecule has 1 aliphatic rings. The zero-order chi connectivity index (χ0) is 29.5. The molecule has 1 saturated heterocycles. The molecule has 0 radical (unpaired) electrons. The molecule has 0 aliphatic carbocycles. The summed E-state index contributed by atoms with van der Waals surface area (Å²) in [6.45, 7) is 6.71. The van der Waals surface area contributed by atoms with Crippen LogP contribution in [0, 0.1) is 0 Å². The molecule has 40 heavy (non-hydrogen) atoms. The molecule has 0 unspecified atom stereocenters. The summed E-state index contributed by atoms with van der Waals surface area (Å²) in [7, 11) is 0. The van der Waals surface area contributed by atoms with Crippen LogP contribution >= 0.6 is 0 Å². The maximum Gasteiger partial charge on any atom is 0.245 e. The number of nitrogens with zero attached hydrogens (tertiary/aromatic N) is 3. The summed E-state index contributed by atoms with van der Waals surface area (Å²) in [5, 5.41) is 5.60. The first kappa shape index (κ1) is 31.9. The van der Waals surface area contributed by atoms with Crippen LogP contribution in [0.4, 0.5) is 0 Å². The highest BCUT2D eigenvalue weighted by Gasteiger charge is 2.31. The lowest BCUT2D eigenvalue weighted by Crippen LogP contribution is -2.55. The molecule has 2 atom stereocenters. The van der Waals surface area contributed by atoms with Crippen LogP contribution in [0.3, 0.4) is 0 Å². The number of ether oxygens (including phenoxy) is 1. The van der Waals surface area contributed by atoms with Gasteiger partial charge in [0.05, 0.1) is 6.04 Å². The molecular weight excluding hydrogens is 514 g/mol. The molecule has 2 rings (SSSR count). The van der Waals surface area contributed by atoms with Gasteiger partial charge in [-0.05, 0) is 49.8 Å². The first-order valence-electron chi connectivity index (χ1n) is 13.4. The van der Waals surface area contributed by atoms with E-state index in [0.29, 0.717) is 64.1 Å². The van der Waals surface area contributed by atoms with E-state index in [0.717, 1.165) is 5.56 Å². The molecule has 10 N–H and O–H groups in total. The third kappa shape index (κ3) is 11.6. The third-order valence-electron chi connectivity index (χ3n) is 6.34. The molecular formula is C27H43N9O4. The Bertz CT molecular complexity index is 1040. The zero-order valence-corrected chi connectivity index (χ0v) is 23.2. The average molecular weight is 558 g/mol. The van der Waals surface area contributed by atoms with Crippen LogP contribution in [0.25, 0.3) is 0 Å². The van der Waals surface area contributed by atoms with Crippen LogP contribution in [-0.2, 0) is 20.8 Å². The van der Waals surface area contributed by atoms with E-state index in [2.05, 4.69) is 27.2 Å². The fourth-order valence-electron chi connectivity index (χ4n) is 4.41. The van der Waals surface area contributed by atoms with Crippen LogP contribution in [0.2, 0.25) is 0 Å². The number of aliphatic imine (C=N–C) groups is 2. The summed E-state index contributed by atoms with van der Waals surface area (Å²) in [6.07, 6.45) is 4.76. The van der Waals surface area contributed by atoms with Crippen molar-refractivity contribution < 1.29 is 19.1 Å². The lowest BCUT2D eigenvalue weighted by molar-refractivity contribution is -0.138. The molecule has 0 spiro atoms. The summed E-state index contributed by atoms with van der Waals surface area (Å²) >= 11 is 0. The Morgan fingerprint density at radius 2 is 1.73 bits per heavy atom. The number of piperidine rings is 1. The SMILES string of the molecule is C=CCOc1ccc(C[C@H](NC(C)=O)C(=O)N[C@@H](CCCCN=C(N)N)C(=O)N2CCC(N=C(N)N)CC2)cc1. The number of amides is 3. The van der Waals surface area contributed by atoms with Crippen LogP contribution in [0.15, 0.2) is 46.9 Å². The van der Waals surface area contributed by atoms with Crippen LogP contribution < -0.4 is 38.3 Å². The molecule has 0 saturated carbocycles. The first-order valence-corrected chi connectivity index (χ1v) is 13.4. The topological polar surface area (TPSA) is 217 Å². The maximum atomic E-state index is 13.5. The van der Waals surface area contributed by atoms with Crippen molar-refractivity contribution in [1.29, 1.82) is 0 Å². The number of guanidine groups is 2. The fraction of sp³-hybridized carbons (Fsp3) is 0.519. The van der Waals surface area contributed by atoms with E-state index in [1.807, 2.05) is 12.1 Å².